The van der Waals surface area contributed by atoms with Crippen molar-refractivity contribution in [3.63, 3.8) is 0 Å². The van der Waals surface area contributed by atoms with E-state index in [1.54, 1.807) is 6.92 Å². The Labute approximate surface area is 117 Å². The fourth-order valence-electron chi connectivity index (χ4n) is 2.21. The number of alkyl halides is 3. The maximum atomic E-state index is 12.6. The third-order valence-corrected chi connectivity index (χ3v) is 3.37. The van der Waals surface area contributed by atoms with Gasteiger partial charge in [-0.15, -0.1) is 0 Å². The van der Waals surface area contributed by atoms with Crippen LogP contribution in [0.5, 0.6) is 0 Å². The molecule has 0 aromatic rings. The zero-order chi connectivity index (χ0) is 15.4. The van der Waals surface area contributed by atoms with E-state index in [9.17, 15) is 18.0 Å². The molecule has 4 nitrogen and oxygen atoms in total. The lowest BCUT2D eigenvalue weighted by atomic mass is 10.0. The number of esters is 1. The highest BCUT2D eigenvalue weighted by Gasteiger charge is 2.44. The molecule has 0 aromatic heterocycles. The van der Waals surface area contributed by atoms with Crippen LogP contribution in [0, 0.1) is 0 Å². The highest BCUT2D eigenvalue weighted by molar-refractivity contribution is 5.80. The molecule has 1 rings (SSSR count). The molecule has 20 heavy (non-hydrogen) atoms. The normalized spacial score (nSPS) is 18.9. The van der Waals surface area contributed by atoms with Crippen molar-refractivity contribution in [1.29, 1.82) is 0 Å². The summed E-state index contributed by atoms with van der Waals surface area (Å²) in [6.07, 6.45) is -1.97. The van der Waals surface area contributed by atoms with Crippen LogP contribution < -0.4 is 5.32 Å². The van der Waals surface area contributed by atoms with Gasteiger partial charge in [-0.25, -0.2) is 0 Å². The summed E-state index contributed by atoms with van der Waals surface area (Å²) in [5.74, 6) is -0.529. The second-order valence-corrected chi connectivity index (χ2v) is 5.50. The fraction of sp³-hybridized carbons (Fsp3) is 0.923. The van der Waals surface area contributed by atoms with Crippen molar-refractivity contribution in [1.82, 2.24) is 10.2 Å². The lowest BCUT2D eigenvalue weighted by Crippen LogP contribution is -2.59. The van der Waals surface area contributed by atoms with Gasteiger partial charge in [-0.3, -0.25) is 9.69 Å². The maximum absolute atomic E-state index is 12.6. The van der Waals surface area contributed by atoms with Crippen LogP contribution in [0.1, 0.15) is 33.1 Å². The highest BCUT2D eigenvalue weighted by Crippen LogP contribution is 2.31. The topological polar surface area (TPSA) is 41.6 Å². The van der Waals surface area contributed by atoms with E-state index in [0.717, 1.165) is 19.3 Å². The number of nitrogens with one attached hydrogen (secondary N) is 1. The third-order valence-electron chi connectivity index (χ3n) is 3.37. The van der Waals surface area contributed by atoms with E-state index >= 15 is 0 Å². The number of rotatable bonds is 8. The lowest BCUT2D eigenvalue weighted by molar-refractivity contribution is -0.158. The zero-order valence-electron chi connectivity index (χ0n) is 12.2. The Morgan fingerprint density at radius 2 is 1.95 bits per heavy atom. The molecule has 1 unspecified atom stereocenters. The molecular formula is C13H23F3N2O2. The van der Waals surface area contributed by atoms with E-state index in [1.165, 1.54) is 12.0 Å². The van der Waals surface area contributed by atoms with Gasteiger partial charge in [-0.1, -0.05) is 6.92 Å². The minimum absolute atomic E-state index is 0.00382. The van der Waals surface area contributed by atoms with E-state index in [4.69, 9.17) is 4.74 Å². The first-order valence-electron chi connectivity index (χ1n) is 6.86. The van der Waals surface area contributed by atoms with Crippen molar-refractivity contribution < 1.29 is 22.7 Å². The quantitative estimate of drug-likeness (QED) is 0.695. The van der Waals surface area contributed by atoms with Crippen molar-refractivity contribution in [2.24, 2.45) is 0 Å². The van der Waals surface area contributed by atoms with Gasteiger partial charge in [-0.2, -0.15) is 13.2 Å². The largest absolute Gasteiger partial charge is 0.468 e. The summed E-state index contributed by atoms with van der Waals surface area (Å²) in [6.45, 7) is 3.09. The first-order valence-corrected chi connectivity index (χ1v) is 6.86. The van der Waals surface area contributed by atoms with Crippen molar-refractivity contribution in [3.8, 4) is 0 Å². The van der Waals surface area contributed by atoms with E-state index in [-0.39, 0.29) is 12.6 Å². The van der Waals surface area contributed by atoms with Crippen LogP contribution in [0.25, 0.3) is 0 Å². The highest BCUT2D eigenvalue weighted by atomic mass is 19.4. The van der Waals surface area contributed by atoms with Gasteiger partial charge in [0, 0.05) is 12.6 Å². The number of hydrogen-bond acceptors (Lipinski definition) is 4. The minimum Gasteiger partial charge on any atom is -0.468 e. The van der Waals surface area contributed by atoms with Gasteiger partial charge in [0.15, 0.2) is 0 Å². The number of nitrogens with zero attached hydrogens (tertiary/aromatic N) is 1. The van der Waals surface area contributed by atoms with Gasteiger partial charge in [0.25, 0.3) is 0 Å². The maximum Gasteiger partial charge on any atom is 0.401 e. The van der Waals surface area contributed by atoms with Crippen LogP contribution in [0.3, 0.4) is 0 Å². The summed E-state index contributed by atoms with van der Waals surface area (Å²) in [7, 11) is 1.25. The number of hydrogen-bond donors (Lipinski definition) is 1. The Bertz CT molecular complexity index is 332. The van der Waals surface area contributed by atoms with Gasteiger partial charge in [0.1, 0.15) is 5.54 Å². The SMILES string of the molecule is CCCNC(C)(CN(CC(F)(F)F)C1CC1)C(=O)OC. The zero-order valence-corrected chi connectivity index (χ0v) is 12.2. The summed E-state index contributed by atoms with van der Waals surface area (Å²) in [4.78, 5) is 13.2. The van der Waals surface area contributed by atoms with Crippen LogP contribution in [0.15, 0.2) is 0 Å². The molecule has 1 atom stereocenters. The predicted octanol–water partition coefficient (Wildman–Crippen LogP) is 1.94. The fourth-order valence-corrected chi connectivity index (χ4v) is 2.21. The Morgan fingerprint density at radius 1 is 1.35 bits per heavy atom. The molecule has 0 heterocycles. The van der Waals surface area contributed by atoms with Crippen LogP contribution in [0.4, 0.5) is 13.2 Å². The van der Waals surface area contributed by atoms with E-state index in [2.05, 4.69) is 5.32 Å². The molecular weight excluding hydrogens is 273 g/mol. The van der Waals surface area contributed by atoms with Gasteiger partial charge in [-0.05, 0) is 32.7 Å². The molecule has 0 saturated heterocycles. The van der Waals surface area contributed by atoms with Crippen molar-refractivity contribution >= 4 is 5.97 Å². The molecule has 0 aromatic carbocycles. The van der Waals surface area contributed by atoms with Gasteiger partial charge >= 0.3 is 12.1 Å². The Hall–Kier alpha value is -0.820. The van der Waals surface area contributed by atoms with E-state index < -0.39 is 24.2 Å². The van der Waals surface area contributed by atoms with Gasteiger partial charge in [0.2, 0.25) is 0 Å². The third kappa shape index (κ3) is 5.28. The van der Waals surface area contributed by atoms with Crippen LogP contribution in [-0.4, -0.2) is 55.4 Å². The lowest BCUT2D eigenvalue weighted by Gasteiger charge is -2.34. The van der Waals surface area contributed by atoms with Crippen molar-refractivity contribution in [3.05, 3.63) is 0 Å². The van der Waals surface area contributed by atoms with E-state index in [0.29, 0.717) is 6.54 Å². The second-order valence-electron chi connectivity index (χ2n) is 5.50. The Morgan fingerprint density at radius 3 is 2.35 bits per heavy atom. The van der Waals surface area contributed by atoms with Crippen molar-refractivity contribution in [2.45, 2.75) is 50.9 Å². The molecule has 0 radical (unpaired) electrons. The number of carbonyl (C=O) groups is 1. The summed E-state index contributed by atoms with van der Waals surface area (Å²) in [5.41, 5.74) is -1.11. The molecule has 1 saturated carbocycles. The summed E-state index contributed by atoms with van der Waals surface area (Å²) >= 11 is 0. The molecule has 7 heteroatoms. The average molecular weight is 296 g/mol. The summed E-state index contributed by atoms with van der Waals surface area (Å²) < 4.78 is 42.6. The van der Waals surface area contributed by atoms with Crippen molar-refractivity contribution in [2.75, 3.05) is 26.7 Å². The number of halogens is 3. The molecule has 1 aliphatic rings. The predicted molar refractivity (Wildman–Crippen MR) is 69.4 cm³/mol. The standard InChI is InChI=1S/C13H23F3N2O2/c1-4-7-17-12(2,11(19)20-3)8-18(10-5-6-10)9-13(14,15)16/h10,17H,4-9H2,1-3H3. The minimum atomic E-state index is -4.26. The molecule has 0 amide bonds. The second kappa shape index (κ2) is 6.76. The molecule has 1 aliphatic carbocycles. The van der Waals surface area contributed by atoms with Gasteiger partial charge in [0.05, 0.1) is 13.7 Å². The molecule has 1 N–H and O–H groups in total. The van der Waals surface area contributed by atoms with E-state index in [1.807, 2.05) is 6.92 Å². The van der Waals surface area contributed by atoms with Crippen LogP contribution in [-0.2, 0) is 9.53 Å². The summed E-state index contributed by atoms with van der Waals surface area (Å²) in [6, 6.07) is -0.0796. The molecule has 0 spiro atoms. The first-order chi connectivity index (χ1) is 9.22. The number of carbonyl (C=O) groups excluding carboxylic acids is 1. The van der Waals surface area contributed by atoms with Crippen LogP contribution >= 0.6 is 0 Å². The smallest absolute Gasteiger partial charge is 0.401 e. The summed E-state index contributed by atoms with van der Waals surface area (Å²) in [5, 5.41) is 3.01. The Balaban J connectivity index is 2.76. The number of ether oxygens (including phenoxy) is 1. The molecule has 118 valence electrons. The molecule has 1 fully saturated rings. The van der Waals surface area contributed by atoms with Gasteiger partial charge < -0.3 is 10.1 Å². The molecule has 0 aliphatic heterocycles. The van der Waals surface area contributed by atoms with Crippen LogP contribution in [0.2, 0.25) is 0 Å². The average Bonchev–Trinajstić information content (AvgIpc) is 3.17. The first kappa shape index (κ1) is 17.2. The monoisotopic (exact) mass is 296 g/mol. The number of methoxy groups -OCH3 is 1. The Kier molecular flexibility index (Phi) is 5.82. The molecule has 0 bridgehead atoms.